The van der Waals surface area contributed by atoms with Crippen molar-refractivity contribution in [1.82, 2.24) is 10.1 Å². The van der Waals surface area contributed by atoms with Crippen LogP contribution in [0, 0.1) is 18.3 Å². The fraction of sp³-hybridized carbons (Fsp3) is 0.500. The number of likely N-dealkylation sites (tertiary alicyclic amines) is 1. The lowest BCUT2D eigenvalue weighted by molar-refractivity contribution is -0.154. The number of aryl methyl sites for hydroxylation is 1. The van der Waals surface area contributed by atoms with Crippen molar-refractivity contribution in [2.45, 2.75) is 46.5 Å². The summed E-state index contributed by atoms with van der Waals surface area (Å²) in [6.07, 6.45) is 1.63. The van der Waals surface area contributed by atoms with E-state index in [0.29, 0.717) is 49.7 Å². The molecule has 1 fully saturated rings. The van der Waals surface area contributed by atoms with Gasteiger partial charge in [-0.15, -0.1) is 0 Å². The van der Waals surface area contributed by atoms with E-state index >= 15 is 0 Å². The summed E-state index contributed by atoms with van der Waals surface area (Å²) in [6, 6.07) is 9.78. The van der Waals surface area contributed by atoms with Gasteiger partial charge in [0.05, 0.1) is 5.41 Å². The van der Waals surface area contributed by atoms with Crippen LogP contribution in [0.25, 0.3) is 11.3 Å². The number of carboxylic acid groups (broad SMARTS) is 1. The molecule has 28 heavy (non-hydrogen) atoms. The average molecular weight is 384 g/mol. The highest BCUT2D eigenvalue weighted by atomic mass is 16.5. The number of amides is 1. The predicted molar refractivity (Wildman–Crippen MR) is 106 cm³/mol. The van der Waals surface area contributed by atoms with Crippen molar-refractivity contribution in [3.8, 4) is 11.3 Å². The molecule has 6 nitrogen and oxygen atoms in total. The lowest BCUT2D eigenvalue weighted by atomic mass is 9.75. The van der Waals surface area contributed by atoms with E-state index in [1.807, 2.05) is 51.1 Å². The molecule has 0 spiro atoms. The Kier molecular flexibility index (Phi) is 5.87. The fourth-order valence-corrected chi connectivity index (χ4v) is 3.80. The van der Waals surface area contributed by atoms with Gasteiger partial charge >= 0.3 is 5.97 Å². The van der Waals surface area contributed by atoms with Gasteiger partial charge in [-0.05, 0) is 31.7 Å². The third-order valence-corrected chi connectivity index (χ3v) is 5.50. The van der Waals surface area contributed by atoms with Gasteiger partial charge in [0, 0.05) is 37.6 Å². The van der Waals surface area contributed by atoms with Crippen molar-refractivity contribution in [2.75, 3.05) is 13.1 Å². The number of benzene rings is 1. The molecule has 1 amide bonds. The van der Waals surface area contributed by atoms with E-state index in [0.717, 1.165) is 11.1 Å². The number of carbonyl (C=O) groups is 2. The summed E-state index contributed by atoms with van der Waals surface area (Å²) in [7, 11) is 0. The molecule has 1 aromatic carbocycles. The van der Waals surface area contributed by atoms with Gasteiger partial charge < -0.3 is 14.5 Å². The van der Waals surface area contributed by atoms with Crippen LogP contribution in [0.5, 0.6) is 0 Å². The lowest BCUT2D eigenvalue weighted by Crippen LogP contribution is -2.47. The number of carboxylic acids is 1. The molecule has 2 heterocycles. The molecule has 1 aromatic heterocycles. The Hall–Kier alpha value is -2.63. The Balaban J connectivity index is 1.71. The van der Waals surface area contributed by atoms with E-state index in [1.54, 1.807) is 4.90 Å². The molecule has 0 bridgehead atoms. The minimum Gasteiger partial charge on any atom is -0.481 e. The quantitative estimate of drug-likeness (QED) is 0.816. The van der Waals surface area contributed by atoms with Crippen molar-refractivity contribution in [3.63, 3.8) is 0 Å². The number of nitrogens with zero attached hydrogens (tertiary/aromatic N) is 2. The summed E-state index contributed by atoms with van der Waals surface area (Å²) in [4.78, 5) is 26.2. The average Bonchev–Trinajstić information content (AvgIpc) is 3.10. The third-order valence-electron chi connectivity index (χ3n) is 5.50. The SMILES string of the molecule is Cc1cccc(-c2cc(CC3(C(=O)O)CCN(C(=O)CC(C)C)CC3)on2)c1. The highest BCUT2D eigenvalue weighted by molar-refractivity contribution is 5.78. The summed E-state index contributed by atoms with van der Waals surface area (Å²) in [5.74, 6) is 0.140. The maximum atomic E-state index is 12.3. The zero-order valence-electron chi connectivity index (χ0n) is 16.8. The summed E-state index contributed by atoms with van der Waals surface area (Å²) < 4.78 is 5.47. The van der Waals surface area contributed by atoms with Crippen LogP contribution >= 0.6 is 0 Å². The van der Waals surface area contributed by atoms with Gasteiger partial charge in [-0.25, -0.2) is 0 Å². The van der Waals surface area contributed by atoms with Crippen molar-refractivity contribution in [1.29, 1.82) is 0 Å². The first kappa shape index (κ1) is 20.1. The molecule has 0 aliphatic carbocycles. The van der Waals surface area contributed by atoms with E-state index in [4.69, 9.17) is 4.52 Å². The molecule has 1 aliphatic heterocycles. The van der Waals surface area contributed by atoms with Crippen LogP contribution in [-0.2, 0) is 16.0 Å². The van der Waals surface area contributed by atoms with Crippen molar-refractivity contribution >= 4 is 11.9 Å². The smallest absolute Gasteiger partial charge is 0.310 e. The molecular weight excluding hydrogens is 356 g/mol. The second-order valence-corrected chi connectivity index (χ2v) is 8.29. The van der Waals surface area contributed by atoms with Gasteiger partial charge in [0.25, 0.3) is 0 Å². The number of rotatable bonds is 6. The minimum absolute atomic E-state index is 0.107. The number of aromatic nitrogens is 1. The van der Waals surface area contributed by atoms with E-state index in [9.17, 15) is 14.7 Å². The van der Waals surface area contributed by atoms with Crippen molar-refractivity contribution in [3.05, 3.63) is 41.7 Å². The molecule has 0 atom stereocenters. The molecule has 3 rings (SSSR count). The zero-order chi connectivity index (χ0) is 20.3. The minimum atomic E-state index is -0.919. The first-order valence-electron chi connectivity index (χ1n) is 9.83. The standard InChI is InChI=1S/C22H28N2O4/c1-15(2)11-20(25)24-9-7-22(8-10-24,21(26)27)14-18-13-19(23-28-18)17-6-4-5-16(3)12-17/h4-6,12-13,15H,7-11,14H2,1-3H3,(H,26,27). The maximum absolute atomic E-state index is 12.3. The Morgan fingerprint density at radius 1 is 1.25 bits per heavy atom. The number of carbonyl (C=O) groups excluding carboxylic acids is 1. The number of aliphatic carboxylic acids is 1. The second kappa shape index (κ2) is 8.17. The normalized spacial score (nSPS) is 16.4. The van der Waals surface area contributed by atoms with Gasteiger partial charge in [-0.1, -0.05) is 42.8 Å². The Bertz CT molecular complexity index is 848. The van der Waals surface area contributed by atoms with Crippen molar-refractivity contribution < 1.29 is 19.2 Å². The van der Waals surface area contributed by atoms with Gasteiger partial charge in [0.2, 0.25) is 5.91 Å². The second-order valence-electron chi connectivity index (χ2n) is 8.29. The van der Waals surface area contributed by atoms with Gasteiger partial charge in [0.15, 0.2) is 0 Å². The zero-order valence-corrected chi connectivity index (χ0v) is 16.8. The molecule has 0 unspecified atom stereocenters. The Morgan fingerprint density at radius 3 is 2.57 bits per heavy atom. The summed E-state index contributed by atoms with van der Waals surface area (Å²) in [5.41, 5.74) is 1.87. The molecule has 6 heteroatoms. The maximum Gasteiger partial charge on any atom is 0.310 e. The van der Waals surface area contributed by atoms with Crippen LogP contribution in [0.4, 0.5) is 0 Å². The summed E-state index contributed by atoms with van der Waals surface area (Å²) >= 11 is 0. The molecule has 1 N–H and O–H groups in total. The topological polar surface area (TPSA) is 83.6 Å². The van der Waals surface area contributed by atoms with Crippen LogP contribution in [0.2, 0.25) is 0 Å². The first-order valence-corrected chi connectivity index (χ1v) is 9.83. The van der Waals surface area contributed by atoms with Gasteiger partial charge in [-0.2, -0.15) is 0 Å². The largest absolute Gasteiger partial charge is 0.481 e. The van der Waals surface area contributed by atoms with Gasteiger partial charge in [0.1, 0.15) is 11.5 Å². The molecular formula is C22H28N2O4. The van der Waals surface area contributed by atoms with Gasteiger partial charge in [-0.3, -0.25) is 9.59 Å². The monoisotopic (exact) mass is 384 g/mol. The lowest BCUT2D eigenvalue weighted by Gasteiger charge is -2.38. The molecule has 1 aliphatic rings. The molecule has 1 saturated heterocycles. The summed E-state index contributed by atoms with van der Waals surface area (Å²) in [6.45, 7) is 6.98. The van der Waals surface area contributed by atoms with Crippen molar-refractivity contribution in [2.24, 2.45) is 11.3 Å². The van der Waals surface area contributed by atoms with Crippen LogP contribution in [0.3, 0.4) is 0 Å². The highest BCUT2D eigenvalue weighted by Gasteiger charge is 2.43. The Labute approximate surface area is 165 Å². The molecule has 150 valence electrons. The molecule has 2 aromatic rings. The van der Waals surface area contributed by atoms with Crippen LogP contribution in [0.15, 0.2) is 34.9 Å². The first-order chi connectivity index (χ1) is 13.3. The van der Waals surface area contributed by atoms with E-state index < -0.39 is 11.4 Å². The number of hydrogen-bond donors (Lipinski definition) is 1. The van der Waals surface area contributed by atoms with E-state index in [1.165, 1.54) is 0 Å². The molecule has 0 radical (unpaired) electrons. The molecule has 0 saturated carbocycles. The Morgan fingerprint density at radius 2 is 1.96 bits per heavy atom. The van der Waals surface area contributed by atoms with Crippen LogP contribution < -0.4 is 0 Å². The predicted octanol–water partition coefficient (Wildman–Crippen LogP) is 3.93. The van der Waals surface area contributed by atoms with E-state index in [2.05, 4.69) is 5.16 Å². The fourth-order valence-electron chi connectivity index (χ4n) is 3.80. The number of piperidine rings is 1. The summed E-state index contributed by atoms with van der Waals surface area (Å²) in [5, 5.41) is 14.0. The third kappa shape index (κ3) is 4.43. The van der Waals surface area contributed by atoms with Crippen LogP contribution in [-0.4, -0.2) is 40.1 Å². The van der Waals surface area contributed by atoms with Crippen LogP contribution in [0.1, 0.15) is 44.4 Å². The highest BCUT2D eigenvalue weighted by Crippen LogP contribution is 2.36. The number of hydrogen-bond acceptors (Lipinski definition) is 4. The van der Waals surface area contributed by atoms with E-state index in [-0.39, 0.29) is 12.3 Å².